The number of hydrazine groups is 1. The Bertz CT molecular complexity index is 538. The minimum absolute atomic E-state index is 0.311. The molecular formula is C14H14ClFN4. The summed E-state index contributed by atoms with van der Waals surface area (Å²) < 4.78 is 13.0. The van der Waals surface area contributed by atoms with Crippen molar-refractivity contribution in [3.05, 3.63) is 70.5 Å². The average molecular weight is 293 g/mol. The minimum atomic E-state index is -0.382. The van der Waals surface area contributed by atoms with Gasteiger partial charge in [-0.05, 0) is 35.4 Å². The van der Waals surface area contributed by atoms with Gasteiger partial charge in [-0.25, -0.2) is 15.4 Å². The molecular weight excluding hydrogens is 279 g/mol. The third kappa shape index (κ3) is 3.26. The van der Waals surface area contributed by atoms with Gasteiger partial charge in [0.2, 0.25) is 0 Å². The van der Waals surface area contributed by atoms with Crippen LogP contribution in [0.25, 0.3) is 0 Å². The van der Waals surface area contributed by atoms with Gasteiger partial charge in [0.05, 0.1) is 0 Å². The van der Waals surface area contributed by atoms with E-state index in [0.717, 1.165) is 17.5 Å². The summed E-state index contributed by atoms with van der Waals surface area (Å²) in [6.07, 6.45) is 1.10. The zero-order chi connectivity index (χ0) is 14.5. The Morgan fingerprint density at radius 2 is 1.55 bits per heavy atom. The number of benzene rings is 2. The van der Waals surface area contributed by atoms with Crippen LogP contribution in [-0.2, 0) is 0 Å². The molecule has 104 valence electrons. The fourth-order valence-corrected chi connectivity index (χ4v) is 2.06. The molecule has 0 fully saturated rings. The molecule has 0 bridgehead atoms. The van der Waals surface area contributed by atoms with Crippen molar-refractivity contribution < 1.29 is 4.39 Å². The van der Waals surface area contributed by atoms with E-state index in [1.165, 1.54) is 17.3 Å². The van der Waals surface area contributed by atoms with Crippen molar-refractivity contribution in [3.8, 4) is 0 Å². The van der Waals surface area contributed by atoms with Crippen molar-refractivity contribution >= 4 is 17.9 Å². The Morgan fingerprint density at radius 3 is 2.05 bits per heavy atom. The molecule has 0 saturated carbocycles. The van der Waals surface area contributed by atoms with Crippen LogP contribution in [0.4, 0.5) is 4.39 Å². The van der Waals surface area contributed by atoms with E-state index in [1.807, 2.05) is 12.1 Å². The number of nitrogens with zero attached hydrogens (tertiary/aromatic N) is 2. The minimum Gasteiger partial charge on any atom is -0.388 e. The van der Waals surface area contributed by atoms with Crippen molar-refractivity contribution in [2.24, 2.45) is 16.7 Å². The van der Waals surface area contributed by atoms with E-state index in [-0.39, 0.29) is 11.9 Å². The summed E-state index contributed by atoms with van der Waals surface area (Å²) in [5.74, 6) is 5.59. The number of hydrogen-bond donors (Lipinski definition) is 2. The number of halogens is 2. The Hall–Kier alpha value is -2.11. The second kappa shape index (κ2) is 6.36. The lowest BCUT2D eigenvalue weighted by Crippen LogP contribution is -2.31. The first kappa shape index (κ1) is 14.3. The average Bonchev–Trinajstić information content (AvgIpc) is 2.44. The summed E-state index contributed by atoms with van der Waals surface area (Å²) in [6.45, 7) is 0. The standard InChI is InChI=1S/C14H14ClFN4/c15-12-5-1-10(2-6-12)14(20(18)19-9-17)11-3-7-13(16)8-4-11/h1-9,14H,18H2,(H2,17,19). The molecule has 0 saturated heterocycles. The third-order valence-electron chi connectivity index (χ3n) is 2.84. The molecule has 0 spiro atoms. The fraction of sp³-hybridized carbons (Fsp3) is 0.0714. The Labute approximate surface area is 121 Å². The summed E-state index contributed by atoms with van der Waals surface area (Å²) in [4.78, 5) is 0. The van der Waals surface area contributed by atoms with E-state index < -0.39 is 0 Å². The summed E-state index contributed by atoms with van der Waals surface area (Å²) in [5, 5.41) is 5.70. The second-order valence-electron chi connectivity index (χ2n) is 4.15. The van der Waals surface area contributed by atoms with Gasteiger partial charge in [0.25, 0.3) is 0 Å². The first-order valence-corrected chi connectivity index (χ1v) is 6.28. The highest BCUT2D eigenvalue weighted by Gasteiger charge is 2.19. The van der Waals surface area contributed by atoms with Crippen molar-refractivity contribution in [2.75, 3.05) is 0 Å². The van der Waals surface area contributed by atoms with Crippen LogP contribution in [0.2, 0.25) is 5.02 Å². The molecule has 6 heteroatoms. The first-order valence-electron chi connectivity index (χ1n) is 5.91. The third-order valence-corrected chi connectivity index (χ3v) is 3.09. The SMILES string of the molecule is N/C=N\N(N)C(c1ccc(F)cc1)c1ccc(Cl)cc1. The van der Waals surface area contributed by atoms with E-state index in [4.69, 9.17) is 23.2 Å². The van der Waals surface area contributed by atoms with Gasteiger partial charge in [-0.15, -0.1) is 0 Å². The molecule has 2 aromatic rings. The van der Waals surface area contributed by atoms with Crippen LogP contribution in [0, 0.1) is 5.82 Å². The normalized spacial score (nSPS) is 12.6. The van der Waals surface area contributed by atoms with Crippen LogP contribution < -0.4 is 11.6 Å². The molecule has 0 aliphatic heterocycles. The molecule has 1 unspecified atom stereocenters. The summed E-state index contributed by atoms with van der Waals surface area (Å²) in [7, 11) is 0. The van der Waals surface area contributed by atoms with Gasteiger partial charge < -0.3 is 5.73 Å². The van der Waals surface area contributed by atoms with Crippen LogP contribution in [0.3, 0.4) is 0 Å². The molecule has 2 aromatic carbocycles. The molecule has 0 aromatic heterocycles. The molecule has 0 amide bonds. The highest BCUT2D eigenvalue weighted by atomic mass is 35.5. The van der Waals surface area contributed by atoms with Crippen LogP contribution in [-0.4, -0.2) is 11.5 Å². The molecule has 4 nitrogen and oxygen atoms in total. The van der Waals surface area contributed by atoms with Gasteiger partial charge in [0.1, 0.15) is 18.2 Å². The van der Waals surface area contributed by atoms with Crippen molar-refractivity contribution in [3.63, 3.8) is 0 Å². The molecule has 20 heavy (non-hydrogen) atoms. The van der Waals surface area contributed by atoms with Gasteiger partial charge >= 0.3 is 0 Å². The van der Waals surface area contributed by atoms with Crippen molar-refractivity contribution in [1.82, 2.24) is 5.12 Å². The first-order chi connectivity index (χ1) is 9.61. The Morgan fingerprint density at radius 1 is 1.05 bits per heavy atom. The van der Waals surface area contributed by atoms with Gasteiger partial charge in [-0.2, -0.15) is 5.10 Å². The predicted octanol–water partition coefficient (Wildman–Crippen LogP) is 2.65. The van der Waals surface area contributed by atoms with Crippen LogP contribution >= 0.6 is 11.6 Å². The summed E-state index contributed by atoms with van der Waals surface area (Å²) in [6, 6.07) is 12.9. The molecule has 1 atom stereocenters. The topological polar surface area (TPSA) is 67.6 Å². The van der Waals surface area contributed by atoms with Crippen LogP contribution in [0.15, 0.2) is 53.6 Å². The Kier molecular flexibility index (Phi) is 4.55. The molecule has 0 aliphatic carbocycles. The lowest BCUT2D eigenvalue weighted by Gasteiger charge is -2.25. The van der Waals surface area contributed by atoms with E-state index in [9.17, 15) is 4.39 Å². The highest BCUT2D eigenvalue weighted by Crippen LogP contribution is 2.27. The Balaban J connectivity index is 2.43. The summed E-state index contributed by atoms with van der Waals surface area (Å²) >= 11 is 5.88. The molecule has 4 N–H and O–H groups in total. The van der Waals surface area contributed by atoms with Gasteiger partial charge in [-0.1, -0.05) is 35.9 Å². The zero-order valence-electron chi connectivity index (χ0n) is 10.6. The number of nitrogens with two attached hydrogens (primary N) is 2. The monoisotopic (exact) mass is 292 g/mol. The van der Waals surface area contributed by atoms with Crippen molar-refractivity contribution in [2.45, 2.75) is 6.04 Å². The smallest absolute Gasteiger partial charge is 0.123 e. The molecule has 2 rings (SSSR count). The van der Waals surface area contributed by atoms with E-state index in [1.54, 1.807) is 24.3 Å². The van der Waals surface area contributed by atoms with Crippen molar-refractivity contribution in [1.29, 1.82) is 0 Å². The quantitative estimate of drug-likeness (QED) is 0.394. The lowest BCUT2D eigenvalue weighted by molar-refractivity contribution is 0.245. The maximum Gasteiger partial charge on any atom is 0.123 e. The second-order valence-corrected chi connectivity index (χ2v) is 4.59. The number of hydrogen-bond acceptors (Lipinski definition) is 3. The molecule has 0 heterocycles. The van der Waals surface area contributed by atoms with E-state index in [2.05, 4.69) is 5.10 Å². The molecule has 0 radical (unpaired) electrons. The van der Waals surface area contributed by atoms with Gasteiger partial charge in [0, 0.05) is 5.02 Å². The number of hydrazone groups is 1. The van der Waals surface area contributed by atoms with Gasteiger partial charge in [0.15, 0.2) is 0 Å². The summed E-state index contributed by atoms with van der Waals surface area (Å²) in [5.41, 5.74) is 6.94. The van der Waals surface area contributed by atoms with Gasteiger partial charge in [-0.3, -0.25) is 0 Å². The predicted molar refractivity (Wildman–Crippen MR) is 78.4 cm³/mol. The lowest BCUT2D eigenvalue weighted by atomic mass is 9.99. The number of rotatable bonds is 4. The molecule has 0 aliphatic rings. The maximum absolute atomic E-state index is 13.0. The maximum atomic E-state index is 13.0. The largest absolute Gasteiger partial charge is 0.388 e. The van der Waals surface area contributed by atoms with Crippen LogP contribution in [0.1, 0.15) is 17.2 Å². The van der Waals surface area contributed by atoms with E-state index in [0.29, 0.717) is 5.02 Å². The fourth-order valence-electron chi connectivity index (χ4n) is 1.93. The highest BCUT2D eigenvalue weighted by molar-refractivity contribution is 6.30. The van der Waals surface area contributed by atoms with E-state index >= 15 is 0 Å². The zero-order valence-corrected chi connectivity index (χ0v) is 11.3. The van der Waals surface area contributed by atoms with Crippen LogP contribution in [0.5, 0.6) is 0 Å².